The molecule has 1 unspecified atom stereocenters. The molecular weight excluding hydrogens is 217 g/mol. The summed E-state index contributed by atoms with van der Waals surface area (Å²) in [5.74, 6) is 0.950. The van der Waals surface area contributed by atoms with Gasteiger partial charge in [-0.2, -0.15) is 0 Å². The summed E-state index contributed by atoms with van der Waals surface area (Å²) >= 11 is 0. The van der Waals surface area contributed by atoms with Crippen molar-refractivity contribution >= 4 is 0 Å². The molecule has 1 saturated heterocycles. The van der Waals surface area contributed by atoms with Crippen molar-refractivity contribution in [3.05, 3.63) is 28.6 Å². The van der Waals surface area contributed by atoms with Crippen LogP contribution in [0.25, 0.3) is 0 Å². The minimum atomic E-state index is -0.159. The van der Waals surface area contributed by atoms with E-state index in [4.69, 9.17) is 4.74 Å². The summed E-state index contributed by atoms with van der Waals surface area (Å²) in [7, 11) is 1.61. The first-order chi connectivity index (χ1) is 8.15. The molecule has 0 aliphatic carbocycles. The summed E-state index contributed by atoms with van der Waals surface area (Å²) in [6.07, 6.45) is 2.28. The van der Waals surface area contributed by atoms with Crippen molar-refractivity contribution in [2.24, 2.45) is 0 Å². The fourth-order valence-electron chi connectivity index (χ4n) is 2.72. The van der Waals surface area contributed by atoms with Gasteiger partial charge in [0.1, 0.15) is 11.6 Å². The van der Waals surface area contributed by atoms with Gasteiger partial charge >= 0.3 is 0 Å². The number of halogens is 1. The summed E-state index contributed by atoms with van der Waals surface area (Å²) in [5, 5.41) is 3.37. The van der Waals surface area contributed by atoms with Gasteiger partial charge in [0.25, 0.3) is 0 Å². The van der Waals surface area contributed by atoms with E-state index in [1.165, 1.54) is 0 Å². The lowest BCUT2D eigenvalue weighted by atomic mass is 9.87. The molecule has 1 atom stereocenters. The zero-order valence-corrected chi connectivity index (χ0v) is 10.8. The third-order valence-electron chi connectivity index (χ3n) is 3.70. The van der Waals surface area contributed by atoms with E-state index in [-0.39, 0.29) is 5.82 Å². The first-order valence-corrected chi connectivity index (χ1v) is 6.19. The van der Waals surface area contributed by atoms with Gasteiger partial charge in [0, 0.05) is 12.1 Å². The largest absolute Gasteiger partial charge is 0.496 e. The molecule has 0 saturated carbocycles. The van der Waals surface area contributed by atoms with E-state index < -0.39 is 0 Å². The maximum Gasteiger partial charge on any atom is 0.130 e. The molecule has 0 spiro atoms. The highest BCUT2D eigenvalue weighted by atomic mass is 19.1. The smallest absolute Gasteiger partial charge is 0.130 e. The molecule has 1 heterocycles. The van der Waals surface area contributed by atoms with E-state index in [9.17, 15) is 4.39 Å². The second-order valence-electron chi connectivity index (χ2n) is 4.77. The molecule has 0 aromatic heterocycles. The Hall–Kier alpha value is -1.09. The molecule has 1 fully saturated rings. The van der Waals surface area contributed by atoms with E-state index in [1.807, 2.05) is 6.92 Å². The normalized spacial score (nSPS) is 20.4. The maximum absolute atomic E-state index is 13.9. The van der Waals surface area contributed by atoms with Gasteiger partial charge in [-0.15, -0.1) is 0 Å². The fraction of sp³-hybridized carbons (Fsp3) is 0.571. The van der Waals surface area contributed by atoms with Crippen LogP contribution in [-0.2, 0) is 0 Å². The number of nitrogens with one attached hydrogen (secondary N) is 1. The Labute approximate surface area is 102 Å². The quantitative estimate of drug-likeness (QED) is 0.854. The van der Waals surface area contributed by atoms with E-state index in [0.29, 0.717) is 17.2 Å². The lowest BCUT2D eigenvalue weighted by Crippen LogP contribution is -2.29. The maximum atomic E-state index is 13.9. The van der Waals surface area contributed by atoms with Crippen LogP contribution in [0.2, 0.25) is 0 Å². The van der Waals surface area contributed by atoms with Crippen LogP contribution in [-0.4, -0.2) is 20.2 Å². The summed E-state index contributed by atoms with van der Waals surface area (Å²) in [6.45, 7) is 5.80. The topological polar surface area (TPSA) is 21.3 Å². The zero-order chi connectivity index (χ0) is 12.4. The number of benzene rings is 1. The lowest BCUT2D eigenvalue weighted by molar-refractivity contribution is 0.399. The van der Waals surface area contributed by atoms with Gasteiger partial charge < -0.3 is 10.1 Å². The van der Waals surface area contributed by atoms with E-state index >= 15 is 0 Å². The predicted octanol–water partition coefficient (Wildman–Crippen LogP) is 2.92. The predicted molar refractivity (Wildman–Crippen MR) is 67.3 cm³/mol. The molecule has 3 heteroatoms. The Morgan fingerprint density at radius 1 is 1.35 bits per heavy atom. The van der Waals surface area contributed by atoms with Gasteiger partial charge in [-0.05, 0) is 56.3 Å². The summed E-state index contributed by atoms with van der Waals surface area (Å²) in [6, 6.07) is 1.69. The van der Waals surface area contributed by atoms with Crippen LogP contribution in [0, 0.1) is 19.7 Å². The van der Waals surface area contributed by atoms with Crippen molar-refractivity contribution in [2.75, 3.05) is 20.2 Å². The molecule has 1 aromatic carbocycles. The van der Waals surface area contributed by atoms with Gasteiger partial charge in [-0.3, -0.25) is 0 Å². The minimum Gasteiger partial charge on any atom is -0.496 e. The zero-order valence-electron chi connectivity index (χ0n) is 10.8. The standard InChI is InChI=1S/C14H20FNO/c1-9-12(11-5-4-6-16-8-11)7-13(15)10(2)14(9)17-3/h7,11,16H,4-6,8H2,1-3H3. The Morgan fingerprint density at radius 3 is 2.71 bits per heavy atom. The Bertz CT molecular complexity index is 411. The van der Waals surface area contributed by atoms with Crippen molar-refractivity contribution in [2.45, 2.75) is 32.6 Å². The van der Waals surface area contributed by atoms with Gasteiger partial charge in [0.2, 0.25) is 0 Å². The highest BCUT2D eigenvalue weighted by Gasteiger charge is 2.21. The Kier molecular flexibility index (Phi) is 3.67. The molecule has 2 nitrogen and oxygen atoms in total. The number of hydrogen-bond acceptors (Lipinski definition) is 2. The molecule has 0 radical (unpaired) electrons. The molecule has 17 heavy (non-hydrogen) atoms. The third-order valence-corrected chi connectivity index (χ3v) is 3.70. The number of hydrogen-bond donors (Lipinski definition) is 1. The molecule has 0 bridgehead atoms. The minimum absolute atomic E-state index is 0.159. The van der Waals surface area contributed by atoms with Crippen LogP contribution in [0.1, 0.15) is 35.4 Å². The van der Waals surface area contributed by atoms with Crippen molar-refractivity contribution in [3.63, 3.8) is 0 Å². The number of piperidine rings is 1. The van der Waals surface area contributed by atoms with Gasteiger partial charge in [-0.25, -0.2) is 4.39 Å². The van der Waals surface area contributed by atoms with E-state index in [1.54, 1.807) is 20.1 Å². The van der Waals surface area contributed by atoms with Crippen LogP contribution in [0.15, 0.2) is 6.07 Å². The lowest BCUT2D eigenvalue weighted by Gasteiger charge is -2.26. The van der Waals surface area contributed by atoms with Gasteiger partial charge in [-0.1, -0.05) is 0 Å². The van der Waals surface area contributed by atoms with Crippen LogP contribution in [0.3, 0.4) is 0 Å². The third kappa shape index (κ3) is 2.29. The first kappa shape index (κ1) is 12.4. The molecule has 0 amide bonds. The fourth-order valence-corrected chi connectivity index (χ4v) is 2.72. The number of ether oxygens (including phenoxy) is 1. The molecular formula is C14H20FNO. The highest BCUT2D eigenvalue weighted by molar-refractivity contribution is 5.47. The highest BCUT2D eigenvalue weighted by Crippen LogP contribution is 2.34. The van der Waals surface area contributed by atoms with E-state index in [0.717, 1.165) is 37.1 Å². The molecule has 2 rings (SSSR count). The first-order valence-electron chi connectivity index (χ1n) is 6.19. The van der Waals surface area contributed by atoms with Crippen molar-refractivity contribution < 1.29 is 9.13 Å². The molecule has 1 aliphatic rings. The average Bonchev–Trinajstić information content (AvgIpc) is 2.36. The van der Waals surface area contributed by atoms with Crippen LogP contribution >= 0.6 is 0 Å². The van der Waals surface area contributed by atoms with Crippen LogP contribution in [0.4, 0.5) is 4.39 Å². The molecule has 1 N–H and O–H groups in total. The second-order valence-corrected chi connectivity index (χ2v) is 4.77. The number of methoxy groups -OCH3 is 1. The van der Waals surface area contributed by atoms with Gasteiger partial charge in [0.05, 0.1) is 7.11 Å². The second kappa shape index (κ2) is 5.05. The monoisotopic (exact) mass is 237 g/mol. The van der Waals surface area contributed by atoms with Crippen LogP contribution < -0.4 is 10.1 Å². The summed E-state index contributed by atoms with van der Waals surface area (Å²) in [4.78, 5) is 0. The van der Waals surface area contributed by atoms with Crippen molar-refractivity contribution in [1.29, 1.82) is 0 Å². The summed E-state index contributed by atoms with van der Waals surface area (Å²) < 4.78 is 19.2. The van der Waals surface area contributed by atoms with Gasteiger partial charge in [0.15, 0.2) is 0 Å². The molecule has 1 aliphatic heterocycles. The Balaban J connectivity index is 2.42. The van der Waals surface area contributed by atoms with Crippen molar-refractivity contribution in [1.82, 2.24) is 5.32 Å². The summed E-state index contributed by atoms with van der Waals surface area (Å²) in [5.41, 5.74) is 2.79. The Morgan fingerprint density at radius 2 is 2.12 bits per heavy atom. The molecule has 94 valence electrons. The van der Waals surface area contributed by atoms with Crippen molar-refractivity contribution in [3.8, 4) is 5.75 Å². The van der Waals surface area contributed by atoms with E-state index in [2.05, 4.69) is 5.32 Å². The average molecular weight is 237 g/mol. The number of rotatable bonds is 2. The SMILES string of the molecule is COc1c(C)c(F)cc(C2CCCNC2)c1C. The van der Waals surface area contributed by atoms with Crippen LogP contribution in [0.5, 0.6) is 5.75 Å². The molecule has 1 aromatic rings.